The highest BCUT2D eigenvalue weighted by atomic mass is 32.2. The number of carbonyl (C=O) groups excluding carboxylic acids is 1. The largest absolute Gasteiger partial charge is 0.494 e. The molecule has 8 nitrogen and oxygen atoms in total. The first-order valence-corrected chi connectivity index (χ1v) is 13.2. The van der Waals surface area contributed by atoms with Crippen LogP contribution < -0.4 is 15.4 Å². The molecule has 1 saturated carbocycles. The molecule has 1 aliphatic carbocycles. The van der Waals surface area contributed by atoms with Gasteiger partial charge in [-0.15, -0.1) is 0 Å². The third kappa shape index (κ3) is 6.59. The molecular weight excluding hydrogens is 440 g/mol. The highest BCUT2D eigenvalue weighted by molar-refractivity contribution is 7.89. The number of hydrogen-bond acceptors (Lipinski definition) is 5. The highest BCUT2D eigenvalue weighted by Gasteiger charge is 2.19. The van der Waals surface area contributed by atoms with Gasteiger partial charge in [0.05, 0.1) is 11.6 Å². The zero-order valence-electron chi connectivity index (χ0n) is 19.7. The molecule has 33 heavy (non-hydrogen) atoms. The van der Waals surface area contributed by atoms with Crippen LogP contribution in [-0.2, 0) is 22.9 Å². The smallest absolute Gasteiger partial charge is 0.328 e. The van der Waals surface area contributed by atoms with Gasteiger partial charge in [-0.1, -0.05) is 26.0 Å². The summed E-state index contributed by atoms with van der Waals surface area (Å²) in [4.78, 5) is 12.6. The van der Waals surface area contributed by atoms with Crippen LogP contribution in [0.5, 0.6) is 5.88 Å². The van der Waals surface area contributed by atoms with E-state index in [-0.39, 0.29) is 17.4 Å². The van der Waals surface area contributed by atoms with E-state index in [1.165, 1.54) is 17.4 Å². The highest BCUT2D eigenvalue weighted by Crippen LogP contribution is 2.24. The Morgan fingerprint density at radius 2 is 1.82 bits per heavy atom. The monoisotopic (exact) mass is 476 g/mol. The molecule has 1 fully saturated rings. The predicted octanol–water partition coefficient (Wildman–Crippen LogP) is 3.27. The summed E-state index contributed by atoms with van der Waals surface area (Å²) in [6, 6.07) is 6.64. The van der Waals surface area contributed by atoms with Gasteiger partial charge in [0.25, 0.3) is 0 Å². The Kier molecular flexibility index (Phi) is 8.56. The Labute approximate surface area is 196 Å². The van der Waals surface area contributed by atoms with Gasteiger partial charge in [0, 0.05) is 24.3 Å². The van der Waals surface area contributed by atoms with Gasteiger partial charge in [-0.3, -0.25) is 0 Å². The molecule has 182 valence electrons. The van der Waals surface area contributed by atoms with Crippen LogP contribution in [0.15, 0.2) is 35.4 Å². The molecule has 1 heterocycles. The molecule has 0 aliphatic heterocycles. The Bertz CT molecular complexity index is 1040. The second-order valence-corrected chi connectivity index (χ2v) is 10.7. The molecule has 2 aromatic rings. The number of hydrogen-bond donors (Lipinski definition) is 4. The van der Waals surface area contributed by atoms with E-state index >= 15 is 0 Å². The van der Waals surface area contributed by atoms with Crippen LogP contribution in [0.1, 0.15) is 56.2 Å². The molecule has 0 atom stereocenters. The summed E-state index contributed by atoms with van der Waals surface area (Å²) in [5.41, 5.74) is 2.55. The first kappa shape index (κ1) is 25.3. The first-order valence-electron chi connectivity index (χ1n) is 11.7. The predicted molar refractivity (Wildman–Crippen MR) is 129 cm³/mol. The molecule has 1 amide bonds. The summed E-state index contributed by atoms with van der Waals surface area (Å²) < 4.78 is 28.9. The zero-order valence-corrected chi connectivity index (χ0v) is 20.5. The van der Waals surface area contributed by atoms with Crippen LogP contribution in [0.25, 0.3) is 0 Å². The fourth-order valence-electron chi connectivity index (χ4n) is 4.31. The van der Waals surface area contributed by atoms with E-state index in [1.807, 2.05) is 13.8 Å². The van der Waals surface area contributed by atoms with Crippen LogP contribution in [0.4, 0.5) is 4.79 Å². The number of nitrogens with zero attached hydrogens (tertiary/aromatic N) is 1. The quantitative estimate of drug-likeness (QED) is 0.415. The van der Waals surface area contributed by atoms with Crippen molar-refractivity contribution in [1.82, 2.24) is 19.9 Å². The van der Waals surface area contributed by atoms with Crippen molar-refractivity contribution in [3.63, 3.8) is 0 Å². The van der Waals surface area contributed by atoms with Crippen molar-refractivity contribution < 1.29 is 18.3 Å². The molecule has 9 heteroatoms. The van der Waals surface area contributed by atoms with E-state index in [0.717, 1.165) is 35.4 Å². The van der Waals surface area contributed by atoms with Crippen molar-refractivity contribution in [2.45, 2.75) is 70.2 Å². The van der Waals surface area contributed by atoms with Crippen molar-refractivity contribution in [1.29, 1.82) is 0 Å². The van der Waals surface area contributed by atoms with Crippen molar-refractivity contribution in [3.8, 4) is 5.88 Å². The maximum absolute atomic E-state index is 12.5. The Morgan fingerprint density at radius 1 is 1.15 bits per heavy atom. The maximum atomic E-state index is 12.5. The fraction of sp³-hybridized carbons (Fsp3) is 0.542. The molecule has 0 bridgehead atoms. The molecule has 1 aromatic heterocycles. The minimum atomic E-state index is -3.58. The van der Waals surface area contributed by atoms with E-state index in [0.29, 0.717) is 25.4 Å². The van der Waals surface area contributed by atoms with Crippen molar-refractivity contribution >= 4 is 16.1 Å². The van der Waals surface area contributed by atoms with E-state index in [1.54, 1.807) is 30.5 Å². The third-order valence-corrected chi connectivity index (χ3v) is 7.88. The lowest BCUT2D eigenvalue weighted by molar-refractivity contribution is 0.239. The van der Waals surface area contributed by atoms with Gasteiger partial charge in [-0.2, -0.15) is 4.72 Å². The number of nitrogens with one attached hydrogen (secondary N) is 3. The Balaban J connectivity index is 1.46. The molecule has 0 unspecified atom stereocenters. The van der Waals surface area contributed by atoms with Gasteiger partial charge < -0.3 is 15.7 Å². The summed E-state index contributed by atoms with van der Waals surface area (Å²) in [7, 11) is -3.58. The number of aryl methyl sites for hydroxylation is 1. The second-order valence-electron chi connectivity index (χ2n) is 8.95. The minimum absolute atomic E-state index is 0.0258. The van der Waals surface area contributed by atoms with E-state index in [9.17, 15) is 18.3 Å². The van der Waals surface area contributed by atoms with Crippen molar-refractivity contribution in [2.75, 3.05) is 13.2 Å². The number of rotatable bonds is 9. The SMILES string of the molecule is CCc1c(C)cn(C(=O)NCCc2ccc(S(=O)(=O)NCNC3CCC(C)CC3)cc2)c1O. The standard InChI is InChI=1S/C24H36N4O4S/c1-4-22-18(3)15-28(23(22)29)24(30)25-14-13-19-7-11-21(12-8-19)33(31,32)27-16-26-20-9-5-17(2)6-10-20/h7-8,11-12,15,17,20,26-27,29H,4-6,9-10,13-14,16H2,1-3H3,(H,25,30). The third-order valence-electron chi connectivity index (χ3n) is 6.46. The summed E-state index contributed by atoms with van der Waals surface area (Å²) in [5, 5.41) is 16.3. The van der Waals surface area contributed by atoms with Crippen LogP contribution in [-0.4, -0.2) is 43.4 Å². The van der Waals surface area contributed by atoms with Gasteiger partial charge in [0.1, 0.15) is 0 Å². The van der Waals surface area contributed by atoms with Crippen molar-refractivity contribution in [2.24, 2.45) is 5.92 Å². The molecule has 1 aromatic carbocycles. The van der Waals surface area contributed by atoms with Crippen LogP contribution in [0.2, 0.25) is 0 Å². The number of aromatic nitrogens is 1. The van der Waals surface area contributed by atoms with Gasteiger partial charge in [0.2, 0.25) is 15.9 Å². The molecule has 0 radical (unpaired) electrons. The molecule has 1 aliphatic rings. The number of aromatic hydroxyl groups is 1. The summed E-state index contributed by atoms with van der Waals surface area (Å²) >= 11 is 0. The van der Waals surface area contributed by atoms with Gasteiger partial charge in [0.15, 0.2) is 0 Å². The molecule has 0 spiro atoms. The Morgan fingerprint density at radius 3 is 2.42 bits per heavy atom. The number of sulfonamides is 1. The fourth-order valence-corrected chi connectivity index (χ4v) is 5.24. The summed E-state index contributed by atoms with van der Waals surface area (Å²) in [6.45, 7) is 6.63. The average Bonchev–Trinajstić information content (AvgIpc) is 3.08. The lowest BCUT2D eigenvalue weighted by Crippen LogP contribution is -2.41. The minimum Gasteiger partial charge on any atom is -0.494 e. The molecule has 4 N–H and O–H groups in total. The van der Waals surface area contributed by atoms with Crippen molar-refractivity contribution in [3.05, 3.63) is 47.2 Å². The van der Waals surface area contributed by atoms with Crippen LogP contribution >= 0.6 is 0 Å². The zero-order chi connectivity index (χ0) is 24.0. The number of carbonyl (C=O) groups is 1. The molecule has 3 rings (SSSR count). The Hall–Kier alpha value is -2.36. The maximum Gasteiger partial charge on any atom is 0.328 e. The second kappa shape index (κ2) is 11.2. The lowest BCUT2D eigenvalue weighted by Gasteiger charge is -2.27. The van der Waals surface area contributed by atoms with Gasteiger partial charge in [-0.05, 0) is 74.6 Å². The van der Waals surface area contributed by atoms with E-state index < -0.39 is 16.1 Å². The van der Waals surface area contributed by atoms with E-state index in [4.69, 9.17) is 0 Å². The normalized spacial score (nSPS) is 18.9. The van der Waals surface area contributed by atoms with Crippen LogP contribution in [0, 0.1) is 12.8 Å². The van der Waals surface area contributed by atoms with Gasteiger partial charge >= 0.3 is 6.03 Å². The molecule has 0 saturated heterocycles. The first-order chi connectivity index (χ1) is 15.7. The number of amides is 1. The number of benzene rings is 1. The van der Waals surface area contributed by atoms with Gasteiger partial charge in [-0.25, -0.2) is 17.8 Å². The molecular formula is C24H36N4O4S. The average molecular weight is 477 g/mol. The summed E-state index contributed by atoms with van der Waals surface area (Å²) in [5.74, 6) is 0.729. The topological polar surface area (TPSA) is 112 Å². The lowest BCUT2D eigenvalue weighted by atomic mass is 9.87. The van der Waals surface area contributed by atoms with Crippen LogP contribution in [0.3, 0.4) is 0 Å². The van der Waals surface area contributed by atoms with E-state index in [2.05, 4.69) is 22.3 Å². The summed E-state index contributed by atoms with van der Waals surface area (Å²) in [6.07, 6.45) is 7.34.